The summed E-state index contributed by atoms with van der Waals surface area (Å²) in [5, 5.41) is 5.57. The van der Waals surface area contributed by atoms with E-state index >= 15 is 0 Å². The summed E-state index contributed by atoms with van der Waals surface area (Å²) >= 11 is 0. The lowest BCUT2D eigenvalue weighted by Crippen LogP contribution is -2.34. The van der Waals surface area contributed by atoms with Crippen LogP contribution in [-0.2, 0) is 9.59 Å². The number of rotatable bonds is 2. The van der Waals surface area contributed by atoms with Crippen LogP contribution in [0, 0.1) is 17.3 Å². The van der Waals surface area contributed by atoms with E-state index in [0.717, 1.165) is 0 Å². The maximum atomic E-state index is 12.8. The Morgan fingerprint density at radius 1 is 1.29 bits per heavy atom. The van der Waals surface area contributed by atoms with Crippen LogP contribution in [0.25, 0.3) is 0 Å². The lowest BCUT2D eigenvalue weighted by molar-refractivity contribution is -0.125. The summed E-state index contributed by atoms with van der Waals surface area (Å²) < 4.78 is 0. The number of hydrogen-bond acceptors (Lipinski definition) is 3. The summed E-state index contributed by atoms with van der Waals surface area (Å²) in [5.41, 5.74) is 0.0787. The number of hydrogen-bond donors (Lipinski definition) is 2. The zero-order valence-electron chi connectivity index (χ0n) is 12.3. The first kappa shape index (κ1) is 13.8. The van der Waals surface area contributed by atoms with Crippen molar-refractivity contribution in [3.8, 4) is 0 Å². The highest BCUT2D eigenvalue weighted by molar-refractivity contribution is 6.19. The molecule has 0 bridgehead atoms. The average Bonchev–Trinajstić information content (AvgIpc) is 3.06. The number of carbonyl (C=O) groups is 3. The zero-order valence-corrected chi connectivity index (χ0v) is 12.3. The molecule has 1 unspecified atom stereocenters. The fourth-order valence-corrected chi connectivity index (χ4v) is 3.31. The smallest absolute Gasteiger partial charge is 0.229 e. The number of fused-ring (bicyclic) bond motifs is 2. The number of Topliss-reactive ketones (excluding diaryl/α,β-unsaturated/α-hetero) is 1. The van der Waals surface area contributed by atoms with E-state index in [1.165, 1.54) is 0 Å². The van der Waals surface area contributed by atoms with E-state index in [0.29, 0.717) is 11.3 Å². The minimum Gasteiger partial charge on any atom is -0.354 e. The molecule has 2 N–H and O–H groups in total. The maximum Gasteiger partial charge on any atom is 0.229 e. The molecule has 1 aromatic carbocycles. The highest BCUT2D eigenvalue weighted by atomic mass is 16.2. The predicted octanol–water partition coefficient (Wildman–Crippen LogP) is 1.60. The Kier molecular flexibility index (Phi) is 2.90. The molecule has 1 aliphatic heterocycles. The van der Waals surface area contributed by atoms with Crippen molar-refractivity contribution in [3.63, 3.8) is 0 Å². The number of carbonyl (C=O) groups excluding carboxylic acids is 3. The van der Waals surface area contributed by atoms with Crippen molar-refractivity contribution < 1.29 is 14.4 Å². The number of nitrogens with one attached hydrogen (secondary N) is 2. The van der Waals surface area contributed by atoms with Gasteiger partial charge in [-0.15, -0.1) is 0 Å². The Bertz CT molecular complexity index is 653. The van der Waals surface area contributed by atoms with Crippen LogP contribution in [0.15, 0.2) is 24.3 Å². The van der Waals surface area contributed by atoms with Crippen molar-refractivity contribution >= 4 is 23.3 Å². The first-order valence-electron chi connectivity index (χ1n) is 7.12. The summed E-state index contributed by atoms with van der Waals surface area (Å²) in [6, 6.07) is 6.92. The molecule has 0 radical (unpaired) electrons. The fraction of sp³-hybridized carbons (Fsp3) is 0.438. The molecule has 2 aliphatic rings. The van der Waals surface area contributed by atoms with Crippen molar-refractivity contribution in [3.05, 3.63) is 29.8 Å². The summed E-state index contributed by atoms with van der Waals surface area (Å²) in [7, 11) is 0. The lowest BCUT2D eigenvalue weighted by Gasteiger charge is -2.13. The lowest BCUT2D eigenvalue weighted by atomic mass is 9.92. The molecule has 110 valence electrons. The number of amides is 2. The quantitative estimate of drug-likeness (QED) is 0.867. The molecule has 1 fully saturated rings. The van der Waals surface area contributed by atoms with Gasteiger partial charge in [-0.05, 0) is 26.0 Å². The molecule has 0 spiro atoms. The van der Waals surface area contributed by atoms with E-state index < -0.39 is 17.3 Å². The van der Waals surface area contributed by atoms with E-state index in [-0.39, 0.29) is 23.6 Å². The van der Waals surface area contributed by atoms with E-state index in [9.17, 15) is 14.4 Å². The minimum atomic E-state index is -0.935. The summed E-state index contributed by atoms with van der Waals surface area (Å²) in [6.07, 6.45) is 0. The Morgan fingerprint density at radius 3 is 2.62 bits per heavy atom. The number of ketones is 1. The van der Waals surface area contributed by atoms with Crippen molar-refractivity contribution in [2.45, 2.75) is 26.8 Å². The van der Waals surface area contributed by atoms with Gasteiger partial charge in [-0.1, -0.05) is 19.1 Å². The van der Waals surface area contributed by atoms with Crippen LogP contribution in [0.4, 0.5) is 5.69 Å². The topological polar surface area (TPSA) is 75.3 Å². The van der Waals surface area contributed by atoms with Gasteiger partial charge in [0.2, 0.25) is 11.8 Å². The first-order chi connectivity index (χ1) is 9.87. The van der Waals surface area contributed by atoms with Crippen LogP contribution in [0.2, 0.25) is 0 Å². The minimum absolute atomic E-state index is 0.0172. The number of benzene rings is 1. The molecule has 0 aromatic heterocycles. The number of anilines is 1. The molecule has 0 saturated heterocycles. The van der Waals surface area contributed by atoms with Crippen LogP contribution in [-0.4, -0.2) is 23.6 Å². The summed E-state index contributed by atoms with van der Waals surface area (Å²) in [4.78, 5) is 37.4. The third-order valence-electron chi connectivity index (χ3n) is 4.43. The highest BCUT2D eigenvalue weighted by Gasteiger charge is 2.73. The Labute approximate surface area is 123 Å². The van der Waals surface area contributed by atoms with Crippen LogP contribution in [0.1, 0.15) is 31.1 Å². The van der Waals surface area contributed by atoms with Gasteiger partial charge < -0.3 is 10.6 Å². The SMILES string of the molecule is CC(C)NC(=O)[C@@H]1C2C(=O)Nc3ccccc3C(=O)[C@@]21C. The number of para-hydroxylation sites is 1. The van der Waals surface area contributed by atoms with E-state index in [4.69, 9.17) is 0 Å². The van der Waals surface area contributed by atoms with Crippen LogP contribution in [0.5, 0.6) is 0 Å². The van der Waals surface area contributed by atoms with E-state index in [2.05, 4.69) is 10.6 Å². The van der Waals surface area contributed by atoms with Gasteiger partial charge >= 0.3 is 0 Å². The van der Waals surface area contributed by atoms with Gasteiger partial charge in [0, 0.05) is 11.6 Å². The summed E-state index contributed by atoms with van der Waals surface area (Å²) in [5.74, 6) is -1.78. The normalized spacial score (nSPS) is 30.1. The second-order valence-corrected chi connectivity index (χ2v) is 6.27. The standard InChI is InChI=1S/C16H18N2O3/c1-8(2)17-14(20)11-12-15(21)18-10-7-5-4-6-9(10)13(19)16(11,12)3/h4-8,11-12H,1-3H3,(H,17,20)(H,18,21)/t11-,12?,16+/m0/s1. The van der Waals surface area contributed by atoms with Gasteiger partial charge in [0.05, 0.1) is 22.9 Å². The third-order valence-corrected chi connectivity index (χ3v) is 4.43. The molecule has 21 heavy (non-hydrogen) atoms. The molecule has 1 heterocycles. The molecular formula is C16H18N2O3. The first-order valence-corrected chi connectivity index (χ1v) is 7.12. The maximum absolute atomic E-state index is 12.8. The molecule has 2 amide bonds. The molecule has 5 nitrogen and oxygen atoms in total. The third kappa shape index (κ3) is 1.87. The molecular weight excluding hydrogens is 268 g/mol. The van der Waals surface area contributed by atoms with Gasteiger partial charge in [-0.25, -0.2) is 0 Å². The molecule has 1 saturated carbocycles. The second kappa shape index (κ2) is 4.41. The van der Waals surface area contributed by atoms with Crippen LogP contribution >= 0.6 is 0 Å². The predicted molar refractivity (Wildman–Crippen MR) is 77.8 cm³/mol. The molecule has 1 aliphatic carbocycles. The van der Waals surface area contributed by atoms with Crippen LogP contribution < -0.4 is 10.6 Å². The van der Waals surface area contributed by atoms with Gasteiger partial charge in [-0.3, -0.25) is 14.4 Å². The largest absolute Gasteiger partial charge is 0.354 e. The molecule has 3 atom stereocenters. The summed E-state index contributed by atoms with van der Waals surface area (Å²) in [6.45, 7) is 5.43. The molecule has 3 rings (SSSR count). The van der Waals surface area contributed by atoms with Crippen LogP contribution in [0.3, 0.4) is 0 Å². The Balaban J connectivity index is 1.99. The molecule has 1 aromatic rings. The van der Waals surface area contributed by atoms with Gasteiger partial charge in [0.15, 0.2) is 5.78 Å². The second-order valence-electron chi connectivity index (χ2n) is 6.27. The Morgan fingerprint density at radius 2 is 1.95 bits per heavy atom. The average molecular weight is 286 g/mol. The van der Waals surface area contributed by atoms with Gasteiger partial charge in [0.1, 0.15) is 0 Å². The fourth-order valence-electron chi connectivity index (χ4n) is 3.31. The van der Waals surface area contributed by atoms with Crippen molar-refractivity contribution in [1.29, 1.82) is 0 Å². The molecule has 5 heteroatoms. The van der Waals surface area contributed by atoms with Crippen molar-refractivity contribution in [2.75, 3.05) is 5.32 Å². The monoisotopic (exact) mass is 286 g/mol. The van der Waals surface area contributed by atoms with Gasteiger partial charge in [-0.2, -0.15) is 0 Å². The highest BCUT2D eigenvalue weighted by Crippen LogP contribution is 2.62. The van der Waals surface area contributed by atoms with E-state index in [1.807, 2.05) is 13.8 Å². The van der Waals surface area contributed by atoms with Crippen molar-refractivity contribution in [1.82, 2.24) is 5.32 Å². The zero-order chi connectivity index (χ0) is 15.4. The Hall–Kier alpha value is -2.17. The van der Waals surface area contributed by atoms with E-state index in [1.54, 1.807) is 31.2 Å². The van der Waals surface area contributed by atoms with Crippen molar-refractivity contribution in [2.24, 2.45) is 17.3 Å². The van der Waals surface area contributed by atoms with Gasteiger partial charge in [0.25, 0.3) is 0 Å².